The molecule has 0 aliphatic heterocycles. The fourth-order valence-corrected chi connectivity index (χ4v) is 2.24. The molecular weight excluding hydrogens is 318 g/mol. The Bertz CT molecular complexity index is 394. The van der Waals surface area contributed by atoms with Crippen LogP contribution in [-0.2, 0) is 11.2 Å². The SMILES string of the molecule is CC(C)CCOCCOc1ccc(Br)cc1CC(C)N. The van der Waals surface area contributed by atoms with Crippen LogP contribution in [0, 0.1) is 5.92 Å². The van der Waals surface area contributed by atoms with Gasteiger partial charge in [-0.2, -0.15) is 0 Å². The van der Waals surface area contributed by atoms with Crippen LogP contribution in [0.5, 0.6) is 5.75 Å². The third-order valence-electron chi connectivity index (χ3n) is 2.89. The van der Waals surface area contributed by atoms with Gasteiger partial charge in [-0.25, -0.2) is 0 Å². The molecule has 0 amide bonds. The van der Waals surface area contributed by atoms with Crippen LogP contribution in [-0.4, -0.2) is 25.9 Å². The van der Waals surface area contributed by atoms with Gasteiger partial charge in [-0.3, -0.25) is 0 Å². The summed E-state index contributed by atoms with van der Waals surface area (Å²) in [5, 5.41) is 0. The predicted octanol–water partition coefficient (Wildman–Crippen LogP) is 3.78. The molecule has 0 fully saturated rings. The molecule has 20 heavy (non-hydrogen) atoms. The van der Waals surface area contributed by atoms with Crippen molar-refractivity contribution in [2.75, 3.05) is 19.8 Å². The van der Waals surface area contributed by atoms with Crippen molar-refractivity contribution in [1.82, 2.24) is 0 Å². The molecule has 1 atom stereocenters. The van der Waals surface area contributed by atoms with Gasteiger partial charge in [-0.1, -0.05) is 29.8 Å². The lowest BCUT2D eigenvalue weighted by molar-refractivity contribution is 0.0922. The van der Waals surface area contributed by atoms with Crippen LogP contribution in [0.2, 0.25) is 0 Å². The molecule has 3 nitrogen and oxygen atoms in total. The largest absolute Gasteiger partial charge is 0.491 e. The van der Waals surface area contributed by atoms with E-state index in [2.05, 4.69) is 35.8 Å². The maximum Gasteiger partial charge on any atom is 0.122 e. The molecule has 1 aromatic rings. The Morgan fingerprint density at radius 2 is 1.90 bits per heavy atom. The van der Waals surface area contributed by atoms with Crippen LogP contribution in [0.3, 0.4) is 0 Å². The van der Waals surface area contributed by atoms with Crippen molar-refractivity contribution in [3.63, 3.8) is 0 Å². The molecule has 0 bridgehead atoms. The van der Waals surface area contributed by atoms with Crippen LogP contribution >= 0.6 is 15.9 Å². The summed E-state index contributed by atoms with van der Waals surface area (Å²) < 4.78 is 12.4. The molecule has 0 aliphatic carbocycles. The minimum Gasteiger partial charge on any atom is -0.491 e. The van der Waals surface area contributed by atoms with Crippen LogP contribution < -0.4 is 10.5 Å². The van der Waals surface area contributed by atoms with Gasteiger partial charge in [0.05, 0.1) is 6.61 Å². The van der Waals surface area contributed by atoms with E-state index >= 15 is 0 Å². The molecule has 1 unspecified atom stereocenters. The number of halogens is 1. The minimum atomic E-state index is 0.119. The van der Waals surface area contributed by atoms with Gasteiger partial charge < -0.3 is 15.2 Å². The average molecular weight is 344 g/mol. The summed E-state index contributed by atoms with van der Waals surface area (Å²) in [6.45, 7) is 8.39. The third-order valence-corrected chi connectivity index (χ3v) is 3.38. The Morgan fingerprint density at radius 1 is 1.15 bits per heavy atom. The molecule has 4 heteroatoms. The Balaban J connectivity index is 2.39. The van der Waals surface area contributed by atoms with Gasteiger partial charge in [0.1, 0.15) is 12.4 Å². The lowest BCUT2D eigenvalue weighted by Crippen LogP contribution is -2.18. The lowest BCUT2D eigenvalue weighted by atomic mass is 10.1. The van der Waals surface area contributed by atoms with Crippen LogP contribution in [0.25, 0.3) is 0 Å². The fraction of sp³-hybridized carbons (Fsp3) is 0.625. The van der Waals surface area contributed by atoms with E-state index in [9.17, 15) is 0 Å². The first-order valence-corrected chi connectivity index (χ1v) is 8.03. The van der Waals surface area contributed by atoms with Crippen molar-refractivity contribution in [2.45, 2.75) is 39.7 Å². The van der Waals surface area contributed by atoms with Gasteiger partial charge in [0, 0.05) is 17.1 Å². The highest BCUT2D eigenvalue weighted by Crippen LogP contribution is 2.24. The van der Waals surface area contributed by atoms with Gasteiger partial charge >= 0.3 is 0 Å². The highest BCUT2D eigenvalue weighted by molar-refractivity contribution is 9.10. The summed E-state index contributed by atoms with van der Waals surface area (Å²) in [5.41, 5.74) is 7.01. The second kappa shape index (κ2) is 9.37. The molecule has 0 spiro atoms. The normalized spacial score (nSPS) is 12.7. The van der Waals surface area contributed by atoms with Crippen LogP contribution in [0.15, 0.2) is 22.7 Å². The number of hydrogen-bond acceptors (Lipinski definition) is 3. The molecule has 0 aromatic heterocycles. The molecule has 0 radical (unpaired) electrons. The van der Waals surface area contributed by atoms with Gasteiger partial charge in [0.2, 0.25) is 0 Å². The van der Waals surface area contributed by atoms with Gasteiger partial charge in [-0.15, -0.1) is 0 Å². The number of ether oxygens (including phenoxy) is 2. The molecule has 0 aliphatic rings. The molecule has 0 heterocycles. The van der Waals surface area contributed by atoms with E-state index in [-0.39, 0.29) is 6.04 Å². The molecule has 1 rings (SSSR count). The van der Waals surface area contributed by atoms with Crippen molar-refractivity contribution in [3.05, 3.63) is 28.2 Å². The van der Waals surface area contributed by atoms with E-state index < -0.39 is 0 Å². The fourth-order valence-electron chi connectivity index (χ4n) is 1.83. The zero-order valence-corrected chi connectivity index (χ0v) is 14.3. The molecule has 114 valence electrons. The van der Waals surface area contributed by atoms with Gasteiger partial charge in [0.15, 0.2) is 0 Å². The summed E-state index contributed by atoms with van der Waals surface area (Å²) in [4.78, 5) is 0. The molecule has 2 N–H and O–H groups in total. The third kappa shape index (κ3) is 7.27. The summed E-state index contributed by atoms with van der Waals surface area (Å²) in [5.74, 6) is 1.58. The maximum atomic E-state index is 5.87. The summed E-state index contributed by atoms with van der Waals surface area (Å²) in [6, 6.07) is 6.15. The summed E-state index contributed by atoms with van der Waals surface area (Å²) in [7, 11) is 0. The monoisotopic (exact) mass is 343 g/mol. The first-order valence-electron chi connectivity index (χ1n) is 7.23. The van der Waals surface area contributed by atoms with Crippen molar-refractivity contribution in [2.24, 2.45) is 11.7 Å². The number of hydrogen-bond donors (Lipinski definition) is 1. The molecule has 1 aromatic carbocycles. The molecular formula is C16H26BrNO2. The number of nitrogens with two attached hydrogens (primary N) is 1. The van der Waals surface area contributed by atoms with Gasteiger partial charge in [-0.05, 0) is 49.4 Å². The van der Waals surface area contributed by atoms with Gasteiger partial charge in [0.25, 0.3) is 0 Å². The first-order chi connectivity index (χ1) is 9.49. The van der Waals surface area contributed by atoms with E-state index in [1.165, 1.54) is 0 Å². The van der Waals surface area contributed by atoms with E-state index in [0.29, 0.717) is 19.1 Å². The lowest BCUT2D eigenvalue weighted by Gasteiger charge is -2.14. The number of rotatable bonds is 9. The molecule has 0 saturated heterocycles. The van der Waals surface area contributed by atoms with E-state index in [1.54, 1.807) is 0 Å². The van der Waals surface area contributed by atoms with Crippen molar-refractivity contribution < 1.29 is 9.47 Å². The second-order valence-corrected chi connectivity index (χ2v) is 6.49. The van der Waals surface area contributed by atoms with E-state index in [1.807, 2.05) is 19.1 Å². The second-order valence-electron chi connectivity index (χ2n) is 5.58. The van der Waals surface area contributed by atoms with Crippen molar-refractivity contribution in [3.8, 4) is 5.75 Å². The predicted molar refractivity (Wildman–Crippen MR) is 87.3 cm³/mol. The van der Waals surface area contributed by atoms with Crippen LogP contribution in [0.1, 0.15) is 32.8 Å². The Kier molecular flexibility index (Phi) is 8.19. The zero-order valence-electron chi connectivity index (χ0n) is 12.7. The summed E-state index contributed by atoms with van der Waals surface area (Å²) >= 11 is 3.48. The average Bonchev–Trinajstić information content (AvgIpc) is 2.34. The standard InChI is InChI=1S/C16H26BrNO2/c1-12(2)6-7-19-8-9-20-16-5-4-15(17)11-14(16)10-13(3)18/h4-5,11-13H,6-10,18H2,1-3H3. The highest BCUT2D eigenvalue weighted by atomic mass is 79.9. The van der Waals surface area contributed by atoms with Crippen LogP contribution in [0.4, 0.5) is 0 Å². The summed E-state index contributed by atoms with van der Waals surface area (Å²) in [6.07, 6.45) is 1.90. The Hall–Kier alpha value is -0.580. The minimum absolute atomic E-state index is 0.119. The first kappa shape index (κ1) is 17.5. The van der Waals surface area contributed by atoms with E-state index in [0.717, 1.165) is 35.2 Å². The van der Waals surface area contributed by atoms with E-state index in [4.69, 9.17) is 15.2 Å². The number of benzene rings is 1. The maximum absolute atomic E-state index is 5.87. The highest BCUT2D eigenvalue weighted by Gasteiger charge is 2.07. The van der Waals surface area contributed by atoms with Crippen molar-refractivity contribution >= 4 is 15.9 Å². The molecule has 0 saturated carbocycles. The Morgan fingerprint density at radius 3 is 2.55 bits per heavy atom. The topological polar surface area (TPSA) is 44.5 Å². The van der Waals surface area contributed by atoms with Crippen molar-refractivity contribution in [1.29, 1.82) is 0 Å². The smallest absolute Gasteiger partial charge is 0.122 e. The quantitative estimate of drug-likeness (QED) is 0.694. The Labute approximate surface area is 131 Å². The zero-order chi connectivity index (χ0) is 15.0.